The number of hydrogen-bond acceptors (Lipinski definition) is 4. The zero-order valence-electron chi connectivity index (χ0n) is 13.9. The highest BCUT2D eigenvalue weighted by atomic mass is 19.1. The van der Waals surface area contributed by atoms with Crippen LogP contribution in [0.25, 0.3) is 0 Å². The number of amides is 1. The fourth-order valence-electron chi connectivity index (χ4n) is 2.29. The van der Waals surface area contributed by atoms with Crippen molar-refractivity contribution in [2.75, 3.05) is 10.6 Å². The van der Waals surface area contributed by atoms with E-state index in [1.54, 1.807) is 19.1 Å². The Morgan fingerprint density at radius 3 is 2.44 bits per heavy atom. The summed E-state index contributed by atoms with van der Waals surface area (Å²) in [7, 11) is 0. The average Bonchev–Trinajstić information content (AvgIpc) is 2.56. The third-order valence-electron chi connectivity index (χ3n) is 3.48. The number of halogens is 1. The molecule has 0 aliphatic carbocycles. The van der Waals surface area contributed by atoms with Crippen LogP contribution in [-0.2, 0) is 0 Å². The van der Waals surface area contributed by atoms with Gasteiger partial charge in [0.05, 0.1) is 0 Å². The molecule has 0 saturated carbocycles. The molecule has 0 fully saturated rings. The van der Waals surface area contributed by atoms with Gasteiger partial charge in [-0.25, -0.2) is 14.4 Å². The molecule has 1 aromatic heterocycles. The number of carbonyl (C=O) groups excluding carboxylic acids is 1. The summed E-state index contributed by atoms with van der Waals surface area (Å²) >= 11 is 0. The number of nitrogens with zero attached hydrogens (tertiary/aromatic N) is 2. The van der Waals surface area contributed by atoms with Gasteiger partial charge in [0.25, 0.3) is 5.91 Å². The number of aromatic nitrogens is 2. The molecule has 1 heterocycles. The lowest BCUT2D eigenvalue weighted by molar-refractivity contribution is 0.102. The molecule has 0 unspecified atom stereocenters. The molecular weight excluding hydrogens is 319 g/mol. The van der Waals surface area contributed by atoms with E-state index in [1.807, 2.05) is 31.2 Å². The van der Waals surface area contributed by atoms with Crippen molar-refractivity contribution < 1.29 is 9.18 Å². The smallest absolute Gasteiger partial charge is 0.274 e. The van der Waals surface area contributed by atoms with Crippen LogP contribution in [0.2, 0.25) is 0 Å². The van der Waals surface area contributed by atoms with Crippen LogP contribution in [0.15, 0.2) is 54.6 Å². The minimum atomic E-state index is -0.428. The van der Waals surface area contributed by atoms with Crippen molar-refractivity contribution in [3.05, 3.63) is 77.5 Å². The van der Waals surface area contributed by atoms with Gasteiger partial charge in [0.15, 0.2) is 0 Å². The summed E-state index contributed by atoms with van der Waals surface area (Å²) in [6.07, 6.45) is 0. The van der Waals surface area contributed by atoms with E-state index in [0.717, 1.165) is 11.3 Å². The summed E-state index contributed by atoms with van der Waals surface area (Å²) in [4.78, 5) is 20.8. The van der Waals surface area contributed by atoms with Gasteiger partial charge in [0, 0.05) is 17.4 Å². The van der Waals surface area contributed by atoms with E-state index < -0.39 is 11.7 Å². The molecule has 25 heavy (non-hydrogen) atoms. The summed E-state index contributed by atoms with van der Waals surface area (Å²) in [5, 5.41) is 5.78. The van der Waals surface area contributed by atoms with Crippen LogP contribution in [-0.4, -0.2) is 15.9 Å². The maximum atomic E-state index is 13.2. The Balaban J connectivity index is 1.80. The maximum Gasteiger partial charge on any atom is 0.274 e. The molecule has 0 aliphatic heterocycles. The summed E-state index contributed by atoms with van der Waals surface area (Å²) in [5.41, 5.74) is 2.58. The number of anilines is 3. The minimum Gasteiger partial charge on any atom is -0.340 e. The fourth-order valence-corrected chi connectivity index (χ4v) is 2.29. The van der Waals surface area contributed by atoms with Crippen LogP contribution in [0, 0.1) is 19.7 Å². The molecule has 1 amide bonds. The van der Waals surface area contributed by atoms with Crippen LogP contribution < -0.4 is 10.6 Å². The average molecular weight is 336 g/mol. The van der Waals surface area contributed by atoms with Crippen molar-refractivity contribution in [3.63, 3.8) is 0 Å². The first-order chi connectivity index (χ1) is 12.0. The zero-order chi connectivity index (χ0) is 17.8. The quantitative estimate of drug-likeness (QED) is 0.748. The lowest BCUT2D eigenvalue weighted by Gasteiger charge is -2.09. The van der Waals surface area contributed by atoms with Gasteiger partial charge in [-0.2, -0.15) is 0 Å². The van der Waals surface area contributed by atoms with Crippen molar-refractivity contribution in [1.82, 2.24) is 9.97 Å². The van der Waals surface area contributed by atoms with Crippen LogP contribution in [0.4, 0.5) is 21.6 Å². The topological polar surface area (TPSA) is 66.9 Å². The molecule has 0 radical (unpaired) electrons. The lowest BCUT2D eigenvalue weighted by Crippen LogP contribution is -2.15. The van der Waals surface area contributed by atoms with E-state index >= 15 is 0 Å². The SMILES string of the molecule is Cc1ccc(Nc2cc(C(=O)Nc3cccc(F)c3)nc(C)n2)cc1. The predicted molar refractivity (Wildman–Crippen MR) is 95.6 cm³/mol. The maximum absolute atomic E-state index is 13.2. The Morgan fingerprint density at radius 2 is 1.72 bits per heavy atom. The minimum absolute atomic E-state index is 0.200. The van der Waals surface area contributed by atoms with Crippen LogP contribution in [0.5, 0.6) is 0 Å². The van der Waals surface area contributed by atoms with Crippen molar-refractivity contribution in [2.24, 2.45) is 0 Å². The Kier molecular flexibility index (Phi) is 4.70. The number of nitrogens with one attached hydrogen (secondary N) is 2. The van der Waals surface area contributed by atoms with Gasteiger partial charge in [0.1, 0.15) is 23.2 Å². The van der Waals surface area contributed by atoms with E-state index in [9.17, 15) is 9.18 Å². The standard InChI is InChI=1S/C19H17FN4O/c1-12-6-8-15(9-7-12)23-18-11-17(21-13(2)22-18)19(25)24-16-5-3-4-14(20)10-16/h3-11H,1-2H3,(H,24,25)(H,21,22,23). The van der Waals surface area contributed by atoms with Gasteiger partial charge in [0.2, 0.25) is 0 Å². The largest absolute Gasteiger partial charge is 0.340 e. The molecule has 0 saturated heterocycles. The lowest BCUT2D eigenvalue weighted by atomic mass is 10.2. The highest BCUT2D eigenvalue weighted by Crippen LogP contribution is 2.17. The molecule has 5 nitrogen and oxygen atoms in total. The Hall–Kier alpha value is -3.28. The van der Waals surface area contributed by atoms with E-state index in [4.69, 9.17) is 0 Å². The number of rotatable bonds is 4. The van der Waals surface area contributed by atoms with Gasteiger partial charge in [-0.05, 0) is 44.2 Å². The van der Waals surface area contributed by atoms with E-state index in [-0.39, 0.29) is 5.69 Å². The van der Waals surface area contributed by atoms with Crippen molar-refractivity contribution >= 4 is 23.1 Å². The molecule has 126 valence electrons. The Labute approximate surface area is 145 Å². The predicted octanol–water partition coefficient (Wildman–Crippen LogP) is 4.23. The first-order valence-corrected chi connectivity index (χ1v) is 7.76. The van der Waals surface area contributed by atoms with Gasteiger partial charge in [-0.1, -0.05) is 23.8 Å². The molecule has 0 aliphatic rings. The second kappa shape index (κ2) is 7.09. The molecule has 0 bridgehead atoms. The molecule has 0 atom stereocenters. The van der Waals surface area contributed by atoms with Gasteiger partial charge in [-0.15, -0.1) is 0 Å². The Morgan fingerprint density at radius 1 is 0.960 bits per heavy atom. The highest BCUT2D eigenvalue weighted by Gasteiger charge is 2.11. The van der Waals surface area contributed by atoms with Crippen LogP contribution >= 0.6 is 0 Å². The normalized spacial score (nSPS) is 10.4. The number of hydrogen-bond donors (Lipinski definition) is 2. The van der Waals surface area contributed by atoms with E-state index in [2.05, 4.69) is 20.6 Å². The van der Waals surface area contributed by atoms with E-state index in [0.29, 0.717) is 17.3 Å². The number of carbonyl (C=O) groups is 1. The first kappa shape index (κ1) is 16.6. The second-order valence-electron chi connectivity index (χ2n) is 5.64. The molecular formula is C19H17FN4O. The summed E-state index contributed by atoms with van der Waals surface area (Å²) < 4.78 is 13.2. The van der Waals surface area contributed by atoms with Crippen LogP contribution in [0.3, 0.4) is 0 Å². The van der Waals surface area contributed by atoms with Crippen LogP contribution in [0.1, 0.15) is 21.9 Å². The van der Waals surface area contributed by atoms with Crippen molar-refractivity contribution in [1.29, 1.82) is 0 Å². The fraction of sp³-hybridized carbons (Fsp3) is 0.105. The monoisotopic (exact) mass is 336 g/mol. The van der Waals surface area contributed by atoms with E-state index in [1.165, 1.54) is 18.2 Å². The Bertz CT molecular complexity index is 910. The third kappa shape index (κ3) is 4.38. The summed E-state index contributed by atoms with van der Waals surface area (Å²) in [6.45, 7) is 3.72. The molecule has 6 heteroatoms. The summed E-state index contributed by atoms with van der Waals surface area (Å²) in [6, 6.07) is 15.1. The number of aryl methyl sites for hydroxylation is 2. The molecule has 2 N–H and O–H groups in total. The first-order valence-electron chi connectivity index (χ1n) is 7.76. The van der Waals surface area contributed by atoms with Gasteiger partial charge in [-0.3, -0.25) is 4.79 Å². The molecule has 3 aromatic rings. The summed E-state index contributed by atoms with van der Waals surface area (Å²) in [5.74, 6) is 0.128. The van der Waals surface area contributed by atoms with Gasteiger partial charge >= 0.3 is 0 Å². The molecule has 0 spiro atoms. The zero-order valence-corrected chi connectivity index (χ0v) is 13.9. The van der Waals surface area contributed by atoms with Crippen molar-refractivity contribution in [2.45, 2.75) is 13.8 Å². The molecule has 2 aromatic carbocycles. The highest BCUT2D eigenvalue weighted by molar-refractivity contribution is 6.03. The second-order valence-corrected chi connectivity index (χ2v) is 5.64. The third-order valence-corrected chi connectivity index (χ3v) is 3.48. The molecule has 3 rings (SSSR count). The van der Waals surface area contributed by atoms with Crippen molar-refractivity contribution in [3.8, 4) is 0 Å². The number of benzene rings is 2. The van der Waals surface area contributed by atoms with Gasteiger partial charge < -0.3 is 10.6 Å².